The van der Waals surface area contributed by atoms with E-state index in [2.05, 4.69) is 16.0 Å². The number of amides is 4. The van der Waals surface area contributed by atoms with Crippen molar-refractivity contribution in [3.8, 4) is 5.75 Å². The molecule has 0 bridgehead atoms. The predicted octanol–water partition coefficient (Wildman–Crippen LogP) is 3.24. The van der Waals surface area contributed by atoms with Gasteiger partial charge in [-0.15, -0.1) is 0 Å². The maximum absolute atomic E-state index is 13.3. The highest BCUT2D eigenvalue weighted by Crippen LogP contribution is 2.32. The van der Waals surface area contributed by atoms with Gasteiger partial charge in [-0.3, -0.25) is 9.59 Å². The smallest absolute Gasteiger partial charge is 0.319 e. The molecule has 2 aromatic rings. The third-order valence-corrected chi connectivity index (χ3v) is 6.08. The number of likely N-dealkylation sites (N-methyl/N-ethyl adjacent to an activating group) is 1. The fraction of sp³-hybridized carbons (Fsp3) is 0.400. The molecule has 0 radical (unpaired) electrons. The highest BCUT2D eigenvalue weighted by atomic mass is 16.5. The van der Waals surface area contributed by atoms with Crippen LogP contribution in [0, 0.1) is 0 Å². The number of carbonyl (C=O) groups excluding carboxylic acids is 3. The molecule has 9 heteroatoms. The van der Waals surface area contributed by atoms with E-state index < -0.39 is 0 Å². The Hall–Kier alpha value is -3.59. The molecule has 0 aliphatic carbocycles. The Morgan fingerprint density at radius 3 is 2.62 bits per heavy atom. The molecule has 0 aromatic heterocycles. The number of hydrogen-bond acceptors (Lipinski definition) is 5. The van der Waals surface area contributed by atoms with Gasteiger partial charge in [0.15, 0.2) is 0 Å². The number of rotatable bonds is 5. The van der Waals surface area contributed by atoms with Crippen LogP contribution in [0.2, 0.25) is 0 Å². The topological polar surface area (TPSA) is 109 Å². The summed E-state index contributed by atoms with van der Waals surface area (Å²) in [5.41, 5.74) is 1.65. The first-order valence-electron chi connectivity index (χ1n) is 11.5. The van der Waals surface area contributed by atoms with Crippen LogP contribution in [-0.2, 0) is 9.53 Å². The van der Waals surface area contributed by atoms with Crippen LogP contribution in [0.15, 0.2) is 48.5 Å². The molecule has 0 spiro atoms. The summed E-state index contributed by atoms with van der Waals surface area (Å²) in [4.78, 5) is 39.3. The summed E-state index contributed by atoms with van der Waals surface area (Å²) in [5.74, 6) is 0.126. The Balaban J connectivity index is 1.42. The maximum Gasteiger partial charge on any atom is 0.319 e. The fourth-order valence-corrected chi connectivity index (χ4v) is 4.38. The number of nitrogens with zero attached hydrogens (tertiary/aromatic N) is 1. The van der Waals surface area contributed by atoms with Crippen molar-refractivity contribution >= 4 is 29.2 Å². The van der Waals surface area contributed by atoms with Gasteiger partial charge in [0.05, 0.1) is 24.1 Å². The molecule has 3 N–H and O–H groups in total. The van der Waals surface area contributed by atoms with Crippen LogP contribution < -0.4 is 20.7 Å². The molecular formula is C25H30N4O5. The zero-order valence-corrected chi connectivity index (χ0v) is 19.4. The first kappa shape index (κ1) is 23.6. The van der Waals surface area contributed by atoms with E-state index in [0.717, 1.165) is 5.69 Å². The quantitative estimate of drug-likeness (QED) is 0.627. The van der Waals surface area contributed by atoms with Crippen LogP contribution in [0.3, 0.4) is 0 Å². The van der Waals surface area contributed by atoms with Gasteiger partial charge in [0.2, 0.25) is 5.91 Å². The fourth-order valence-electron chi connectivity index (χ4n) is 4.38. The highest BCUT2D eigenvalue weighted by Gasteiger charge is 2.39. The summed E-state index contributed by atoms with van der Waals surface area (Å²) in [5, 5.41) is 8.28. The molecule has 0 saturated carbocycles. The number of ether oxygens (including phenoxy) is 2. The molecule has 180 valence electrons. The Morgan fingerprint density at radius 1 is 1.06 bits per heavy atom. The van der Waals surface area contributed by atoms with Crippen molar-refractivity contribution in [2.24, 2.45) is 0 Å². The summed E-state index contributed by atoms with van der Waals surface area (Å²) in [7, 11) is 1.75. The van der Waals surface area contributed by atoms with Gasteiger partial charge in [-0.1, -0.05) is 18.2 Å². The molecule has 0 unspecified atom stereocenters. The molecule has 4 rings (SSSR count). The number of fused-ring (bicyclic) bond motifs is 2. The summed E-state index contributed by atoms with van der Waals surface area (Å²) >= 11 is 0. The molecule has 1 saturated heterocycles. The van der Waals surface area contributed by atoms with Crippen LogP contribution in [0.1, 0.15) is 36.5 Å². The van der Waals surface area contributed by atoms with E-state index >= 15 is 0 Å². The van der Waals surface area contributed by atoms with E-state index in [1.54, 1.807) is 30.1 Å². The predicted molar refractivity (Wildman–Crippen MR) is 128 cm³/mol. The lowest BCUT2D eigenvalue weighted by Gasteiger charge is -2.42. The third kappa shape index (κ3) is 5.48. The standard InChI is InChI=1S/C25H30N4O5/c1-3-26-25(32)28-17-9-12-21-19(13-17)24(31)29(2)20-11-10-18(34-22(20)15-33-21)14-23(30)27-16-7-5-4-6-8-16/h4-9,12-13,18,20,22H,3,10-11,14-15H2,1-2H3,(H,27,30)(H2,26,28,32)/t18-,20+,22-/m1/s1. The van der Waals surface area contributed by atoms with E-state index in [4.69, 9.17) is 9.47 Å². The number of nitrogens with one attached hydrogen (secondary N) is 3. The molecule has 4 amide bonds. The number of anilines is 2. The van der Waals surface area contributed by atoms with E-state index in [1.165, 1.54) is 0 Å². The second kappa shape index (κ2) is 10.6. The molecule has 3 atom stereocenters. The van der Waals surface area contributed by atoms with E-state index in [0.29, 0.717) is 36.4 Å². The maximum atomic E-state index is 13.3. The molecule has 1 fully saturated rings. The zero-order valence-electron chi connectivity index (χ0n) is 19.4. The Kier molecular flexibility index (Phi) is 7.32. The van der Waals surface area contributed by atoms with Gasteiger partial charge in [0.1, 0.15) is 18.5 Å². The first-order valence-corrected chi connectivity index (χ1v) is 11.5. The van der Waals surface area contributed by atoms with Crippen molar-refractivity contribution in [2.75, 3.05) is 30.8 Å². The molecule has 34 heavy (non-hydrogen) atoms. The average molecular weight is 467 g/mol. The van der Waals surface area contributed by atoms with Crippen molar-refractivity contribution < 1.29 is 23.9 Å². The van der Waals surface area contributed by atoms with Crippen molar-refractivity contribution in [3.05, 3.63) is 54.1 Å². The molecule has 2 aliphatic heterocycles. The van der Waals surface area contributed by atoms with Gasteiger partial charge in [-0.05, 0) is 50.1 Å². The number of para-hydroxylation sites is 1. The van der Waals surface area contributed by atoms with Gasteiger partial charge >= 0.3 is 6.03 Å². The van der Waals surface area contributed by atoms with E-state index in [9.17, 15) is 14.4 Å². The second-order valence-corrected chi connectivity index (χ2v) is 8.48. The second-order valence-electron chi connectivity index (χ2n) is 8.48. The van der Waals surface area contributed by atoms with Gasteiger partial charge in [-0.25, -0.2) is 4.79 Å². The molecular weight excluding hydrogens is 436 g/mol. The van der Waals surface area contributed by atoms with Crippen molar-refractivity contribution in [1.82, 2.24) is 10.2 Å². The lowest BCUT2D eigenvalue weighted by Crippen LogP contribution is -2.53. The van der Waals surface area contributed by atoms with E-state index in [1.807, 2.05) is 37.3 Å². The molecule has 2 aromatic carbocycles. The number of benzene rings is 2. The van der Waals surface area contributed by atoms with Crippen LogP contribution in [-0.4, -0.2) is 61.2 Å². The minimum Gasteiger partial charge on any atom is -0.490 e. The van der Waals surface area contributed by atoms with Crippen molar-refractivity contribution in [2.45, 2.75) is 44.4 Å². The van der Waals surface area contributed by atoms with E-state index in [-0.39, 0.29) is 49.1 Å². The lowest BCUT2D eigenvalue weighted by molar-refractivity contribution is -0.130. The molecule has 2 aliphatic rings. The number of hydrogen-bond donors (Lipinski definition) is 3. The van der Waals surface area contributed by atoms with Crippen molar-refractivity contribution in [1.29, 1.82) is 0 Å². The highest BCUT2D eigenvalue weighted by molar-refractivity contribution is 5.99. The average Bonchev–Trinajstić information content (AvgIpc) is 2.82. The molecule has 2 heterocycles. The minimum atomic E-state index is -0.349. The largest absolute Gasteiger partial charge is 0.490 e. The van der Waals surface area contributed by atoms with Gasteiger partial charge in [0, 0.05) is 25.0 Å². The zero-order chi connectivity index (χ0) is 24.1. The van der Waals surface area contributed by atoms with Gasteiger partial charge in [0.25, 0.3) is 5.91 Å². The summed E-state index contributed by atoms with van der Waals surface area (Å²) < 4.78 is 12.2. The van der Waals surface area contributed by atoms with Crippen LogP contribution in [0.5, 0.6) is 5.75 Å². The van der Waals surface area contributed by atoms with Crippen molar-refractivity contribution in [3.63, 3.8) is 0 Å². The Bertz CT molecular complexity index is 1040. The lowest BCUT2D eigenvalue weighted by atomic mass is 9.94. The van der Waals surface area contributed by atoms with Crippen LogP contribution in [0.25, 0.3) is 0 Å². The van der Waals surface area contributed by atoms with Gasteiger partial charge in [-0.2, -0.15) is 0 Å². The first-order chi connectivity index (χ1) is 16.4. The Labute approximate surface area is 198 Å². The summed E-state index contributed by atoms with van der Waals surface area (Å²) in [6.07, 6.45) is 0.998. The number of carbonyl (C=O) groups is 3. The monoisotopic (exact) mass is 466 g/mol. The third-order valence-electron chi connectivity index (χ3n) is 6.08. The molecule has 9 nitrogen and oxygen atoms in total. The number of urea groups is 1. The minimum absolute atomic E-state index is 0.108. The SMILES string of the molecule is CCNC(=O)Nc1ccc2c(c1)C(=O)N(C)[C@H]1CC[C@H](CC(=O)Nc3ccccc3)O[C@@H]1CO2. The van der Waals surface area contributed by atoms with Gasteiger partial charge < -0.3 is 30.3 Å². The Morgan fingerprint density at radius 2 is 1.85 bits per heavy atom. The van der Waals surface area contributed by atoms with Crippen LogP contribution in [0.4, 0.5) is 16.2 Å². The summed E-state index contributed by atoms with van der Waals surface area (Å²) in [6.45, 7) is 2.59. The normalized spacial score (nSPS) is 21.8. The van der Waals surface area contributed by atoms with Crippen LogP contribution >= 0.6 is 0 Å². The summed E-state index contributed by atoms with van der Waals surface area (Å²) in [6, 6.07) is 13.8.